The van der Waals surface area contributed by atoms with Gasteiger partial charge in [0.05, 0.1) is 11.6 Å². The molecule has 3 aromatic rings. The number of fused-ring (bicyclic) bond motifs is 1. The van der Waals surface area contributed by atoms with E-state index in [-0.39, 0.29) is 11.7 Å². The highest BCUT2D eigenvalue weighted by Crippen LogP contribution is 2.34. The maximum atomic E-state index is 13.0. The van der Waals surface area contributed by atoms with E-state index in [1.54, 1.807) is 30.3 Å². The SMILES string of the molecule is O=C(NN=C1c2ccccc2C(=O)C1c1ccccc1)c1ccc(Br)cc1. The minimum absolute atomic E-state index is 0.00607. The third kappa shape index (κ3) is 3.34. The average Bonchev–Trinajstić information content (AvgIpc) is 2.99. The van der Waals surface area contributed by atoms with E-state index < -0.39 is 5.92 Å². The Bertz CT molecular complexity index is 1040. The molecule has 27 heavy (non-hydrogen) atoms. The fraction of sp³-hybridized carbons (Fsp3) is 0.0455. The monoisotopic (exact) mass is 418 g/mol. The van der Waals surface area contributed by atoms with Crippen molar-refractivity contribution >= 4 is 33.3 Å². The van der Waals surface area contributed by atoms with Crippen LogP contribution in [0.5, 0.6) is 0 Å². The lowest BCUT2D eigenvalue weighted by molar-refractivity contribution is 0.0950. The number of carbonyl (C=O) groups is 2. The van der Waals surface area contributed by atoms with Gasteiger partial charge in [0.25, 0.3) is 5.91 Å². The number of hydrazone groups is 1. The second-order valence-electron chi connectivity index (χ2n) is 6.20. The van der Waals surface area contributed by atoms with Gasteiger partial charge in [-0.3, -0.25) is 9.59 Å². The van der Waals surface area contributed by atoms with Crippen LogP contribution < -0.4 is 5.43 Å². The maximum Gasteiger partial charge on any atom is 0.271 e. The van der Waals surface area contributed by atoms with E-state index in [0.29, 0.717) is 16.8 Å². The first-order valence-electron chi connectivity index (χ1n) is 8.47. The van der Waals surface area contributed by atoms with Gasteiger partial charge >= 0.3 is 0 Å². The van der Waals surface area contributed by atoms with Crippen molar-refractivity contribution in [3.05, 3.63) is 106 Å². The zero-order valence-electron chi connectivity index (χ0n) is 14.2. The Morgan fingerprint density at radius 2 is 1.48 bits per heavy atom. The van der Waals surface area contributed by atoms with Gasteiger partial charge in [0, 0.05) is 21.2 Å². The zero-order valence-corrected chi connectivity index (χ0v) is 15.8. The summed E-state index contributed by atoms with van der Waals surface area (Å²) in [7, 11) is 0. The topological polar surface area (TPSA) is 58.5 Å². The minimum atomic E-state index is -0.520. The number of rotatable bonds is 3. The van der Waals surface area contributed by atoms with Crippen molar-refractivity contribution in [2.24, 2.45) is 5.10 Å². The summed E-state index contributed by atoms with van der Waals surface area (Å²) in [6.45, 7) is 0. The third-order valence-corrected chi connectivity index (χ3v) is 5.05. The highest BCUT2D eigenvalue weighted by atomic mass is 79.9. The van der Waals surface area contributed by atoms with Gasteiger partial charge < -0.3 is 0 Å². The van der Waals surface area contributed by atoms with Crippen molar-refractivity contribution < 1.29 is 9.59 Å². The number of hydrogen-bond donors (Lipinski definition) is 1. The summed E-state index contributed by atoms with van der Waals surface area (Å²) in [4.78, 5) is 25.4. The number of nitrogens with zero attached hydrogens (tertiary/aromatic N) is 1. The van der Waals surface area contributed by atoms with Crippen molar-refractivity contribution in [2.75, 3.05) is 0 Å². The Morgan fingerprint density at radius 3 is 2.19 bits per heavy atom. The van der Waals surface area contributed by atoms with Crippen molar-refractivity contribution in [3.63, 3.8) is 0 Å². The first-order chi connectivity index (χ1) is 13.1. The Kier molecular flexibility index (Phi) is 4.69. The van der Waals surface area contributed by atoms with Gasteiger partial charge in [0.2, 0.25) is 0 Å². The molecule has 0 heterocycles. The van der Waals surface area contributed by atoms with Crippen LogP contribution in [0, 0.1) is 0 Å². The van der Waals surface area contributed by atoms with Crippen LogP contribution in [-0.2, 0) is 0 Å². The van der Waals surface area contributed by atoms with Crippen LogP contribution in [0.1, 0.15) is 37.8 Å². The van der Waals surface area contributed by atoms with Gasteiger partial charge in [-0.15, -0.1) is 0 Å². The predicted molar refractivity (Wildman–Crippen MR) is 108 cm³/mol. The molecule has 0 saturated heterocycles. The highest BCUT2D eigenvalue weighted by Gasteiger charge is 2.37. The van der Waals surface area contributed by atoms with Crippen molar-refractivity contribution in [1.29, 1.82) is 0 Å². The van der Waals surface area contributed by atoms with Gasteiger partial charge in [-0.25, -0.2) is 5.43 Å². The minimum Gasteiger partial charge on any atom is -0.293 e. The second-order valence-corrected chi connectivity index (χ2v) is 7.11. The normalized spacial score (nSPS) is 17.0. The predicted octanol–water partition coefficient (Wildman–Crippen LogP) is 4.56. The average molecular weight is 419 g/mol. The van der Waals surface area contributed by atoms with Crippen LogP contribution in [0.2, 0.25) is 0 Å². The van der Waals surface area contributed by atoms with Crippen LogP contribution in [-0.4, -0.2) is 17.4 Å². The lowest BCUT2D eigenvalue weighted by atomic mass is 9.94. The largest absolute Gasteiger partial charge is 0.293 e. The summed E-state index contributed by atoms with van der Waals surface area (Å²) in [6.07, 6.45) is 0. The lowest BCUT2D eigenvalue weighted by Gasteiger charge is -2.11. The number of ketones is 1. The van der Waals surface area contributed by atoms with Gasteiger partial charge in [0.1, 0.15) is 0 Å². The summed E-state index contributed by atoms with van der Waals surface area (Å²) in [6, 6.07) is 23.9. The summed E-state index contributed by atoms with van der Waals surface area (Å²) in [5.74, 6) is -0.846. The Labute approximate surface area is 165 Å². The number of amides is 1. The molecular formula is C22H15BrN2O2. The van der Waals surface area contributed by atoms with Crippen molar-refractivity contribution in [3.8, 4) is 0 Å². The zero-order chi connectivity index (χ0) is 18.8. The van der Waals surface area contributed by atoms with E-state index in [1.165, 1.54) is 0 Å². The molecule has 0 aliphatic heterocycles. The standard InChI is InChI=1S/C22H15BrN2O2/c23-16-12-10-15(11-13-16)22(27)25-24-20-17-8-4-5-9-18(17)21(26)19(20)14-6-2-1-3-7-14/h1-13,19H,(H,25,27). The van der Waals surface area contributed by atoms with Crippen LogP contribution >= 0.6 is 15.9 Å². The first-order valence-corrected chi connectivity index (χ1v) is 9.26. The molecule has 4 nitrogen and oxygen atoms in total. The van der Waals surface area contributed by atoms with Crippen LogP contribution in [0.4, 0.5) is 0 Å². The van der Waals surface area contributed by atoms with E-state index in [1.807, 2.05) is 48.5 Å². The molecule has 0 aromatic heterocycles. The number of hydrogen-bond acceptors (Lipinski definition) is 3. The van der Waals surface area contributed by atoms with Crippen molar-refractivity contribution in [1.82, 2.24) is 5.43 Å². The molecule has 0 radical (unpaired) electrons. The molecule has 3 aromatic carbocycles. The lowest BCUT2D eigenvalue weighted by Crippen LogP contribution is -2.22. The number of benzene rings is 3. The Morgan fingerprint density at radius 1 is 0.852 bits per heavy atom. The van der Waals surface area contributed by atoms with Crippen molar-refractivity contribution in [2.45, 2.75) is 5.92 Å². The number of halogens is 1. The van der Waals surface area contributed by atoms with E-state index in [0.717, 1.165) is 15.6 Å². The first kappa shape index (κ1) is 17.4. The Hall–Kier alpha value is -3.05. The summed E-state index contributed by atoms with van der Waals surface area (Å²) in [5, 5.41) is 4.36. The second kappa shape index (κ2) is 7.29. The molecule has 0 fully saturated rings. The fourth-order valence-corrected chi connectivity index (χ4v) is 3.48. The van der Waals surface area contributed by atoms with Crippen LogP contribution in [0.3, 0.4) is 0 Å². The number of carbonyl (C=O) groups excluding carboxylic acids is 2. The molecular weight excluding hydrogens is 404 g/mol. The molecule has 1 aliphatic carbocycles. The molecule has 1 aliphatic rings. The van der Waals surface area contributed by atoms with E-state index in [9.17, 15) is 9.59 Å². The molecule has 1 atom stereocenters. The molecule has 132 valence electrons. The molecule has 1 unspecified atom stereocenters. The molecule has 4 rings (SSSR count). The summed E-state index contributed by atoms with van der Waals surface area (Å²) >= 11 is 3.35. The van der Waals surface area contributed by atoms with Crippen LogP contribution in [0.15, 0.2) is 88.4 Å². The van der Waals surface area contributed by atoms with Crippen LogP contribution in [0.25, 0.3) is 0 Å². The highest BCUT2D eigenvalue weighted by molar-refractivity contribution is 9.10. The number of Topliss-reactive ketones (excluding diaryl/α,β-unsaturated/α-hetero) is 1. The third-order valence-electron chi connectivity index (χ3n) is 4.52. The number of nitrogens with one attached hydrogen (secondary N) is 1. The van der Waals surface area contributed by atoms with E-state index in [4.69, 9.17) is 0 Å². The smallest absolute Gasteiger partial charge is 0.271 e. The fourth-order valence-electron chi connectivity index (χ4n) is 3.21. The quantitative estimate of drug-likeness (QED) is 0.633. The van der Waals surface area contributed by atoms with Gasteiger partial charge in [-0.2, -0.15) is 5.10 Å². The van der Waals surface area contributed by atoms with Gasteiger partial charge in [-0.1, -0.05) is 70.5 Å². The molecule has 0 spiro atoms. The van der Waals surface area contributed by atoms with E-state index >= 15 is 0 Å². The van der Waals surface area contributed by atoms with Gasteiger partial charge in [-0.05, 0) is 29.8 Å². The summed E-state index contributed by atoms with van der Waals surface area (Å²) in [5.41, 5.74) is 5.90. The molecule has 0 saturated carbocycles. The Balaban J connectivity index is 1.71. The molecule has 0 bridgehead atoms. The maximum absolute atomic E-state index is 13.0. The molecule has 1 N–H and O–H groups in total. The van der Waals surface area contributed by atoms with E-state index in [2.05, 4.69) is 26.5 Å². The molecule has 5 heteroatoms. The van der Waals surface area contributed by atoms with Gasteiger partial charge in [0.15, 0.2) is 5.78 Å². The molecule has 1 amide bonds. The summed E-state index contributed by atoms with van der Waals surface area (Å²) < 4.78 is 0.893.